The van der Waals surface area contributed by atoms with Crippen LogP contribution in [0.15, 0.2) is 48.5 Å². The van der Waals surface area contributed by atoms with E-state index in [4.69, 9.17) is 0 Å². The zero-order chi connectivity index (χ0) is 15.1. The second-order valence-corrected chi connectivity index (χ2v) is 6.87. The maximum absolute atomic E-state index is 12.4. The maximum atomic E-state index is 12.4. The summed E-state index contributed by atoms with van der Waals surface area (Å²) in [5.41, 5.74) is 3.41. The summed E-state index contributed by atoms with van der Waals surface area (Å²) < 4.78 is 1.12. The monoisotopic (exact) mass is 308 g/mol. The summed E-state index contributed by atoms with van der Waals surface area (Å²) in [6.07, 6.45) is 0.930. The number of carbonyl (C=O) groups is 1. The van der Waals surface area contributed by atoms with Crippen molar-refractivity contribution in [2.24, 2.45) is 5.92 Å². The summed E-state index contributed by atoms with van der Waals surface area (Å²) in [7, 11) is 0. The number of hydrogen-bond acceptors (Lipinski definition) is 3. The zero-order valence-electron chi connectivity index (χ0n) is 12.2. The van der Waals surface area contributed by atoms with Gasteiger partial charge in [-0.25, -0.2) is 4.98 Å². The lowest BCUT2D eigenvalue weighted by atomic mass is 10.1. The Morgan fingerprint density at radius 1 is 1.23 bits per heavy atom. The lowest BCUT2D eigenvalue weighted by Gasteiger charge is -2.01. The van der Waals surface area contributed by atoms with Crippen molar-refractivity contribution in [2.75, 3.05) is 5.32 Å². The predicted molar refractivity (Wildman–Crippen MR) is 90.3 cm³/mol. The average Bonchev–Trinajstić information content (AvgIpc) is 3.23. The molecule has 3 aromatic rings. The van der Waals surface area contributed by atoms with E-state index >= 15 is 0 Å². The fourth-order valence-corrected chi connectivity index (χ4v) is 3.80. The first-order chi connectivity index (χ1) is 10.7. The molecule has 1 aromatic heterocycles. The number of amides is 1. The number of fused-ring (bicyclic) bond motifs is 1. The first-order valence-corrected chi connectivity index (χ1v) is 8.25. The van der Waals surface area contributed by atoms with Crippen LogP contribution in [0, 0.1) is 12.8 Å². The van der Waals surface area contributed by atoms with E-state index in [-0.39, 0.29) is 11.8 Å². The molecule has 110 valence electrons. The molecular formula is C18H16N2OS. The van der Waals surface area contributed by atoms with Gasteiger partial charge in [0.2, 0.25) is 5.91 Å². The minimum atomic E-state index is 0.0798. The molecule has 0 bridgehead atoms. The Bertz CT molecular complexity index is 841. The van der Waals surface area contributed by atoms with Crippen LogP contribution in [0.3, 0.4) is 0 Å². The number of carbonyl (C=O) groups excluding carboxylic acids is 1. The molecule has 3 nitrogen and oxygen atoms in total. The molecule has 1 N–H and O–H groups in total. The number of hydrogen-bond donors (Lipinski definition) is 1. The molecule has 1 fully saturated rings. The van der Waals surface area contributed by atoms with Crippen LogP contribution in [0.1, 0.15) is 23.5 Å². The van der Waals surface area contributed by atoms with Gasteiger partial charge in [0.25, 0.3) is 0 Å². The van der Waals surface area contributed by atoms with Crippen molar-refractivity contribution in [2.45, 2.75) is 19.3 Å². The Labute approximate surface area is 133 Å². The number of nitrogens with zero attached hydrogens (tertiary/aromatic N) is 1. The third kappa shape index (κ3) is 2.50. The number of anilines is 1. The Kier molecular flexibility index (Phi) is 3.19. The third-order valence-corrected chi connectivity index (χ3v) is 5.06. The van der Waals surface area contributed by atoms with E-state index in [0.717, 1.165) is 16.6 Å². The molecule has 4 heteroatoms. The highest BCUT2D eigenvalue weighted by Crippen LogP contribution is 2.48. The van der Waals surface area contributed by atoms with E-state index in [1.54, 1.807) is 0 Å². The van der Waals surface area contributed by atoms with Gasteiger partial charge in [-0.15, -0.1) is 0 Å². The van der Waals surface area contributed by atoms with Crippen LogP contribution >= 0.6 is 11.3 Å². The molecule has 22 heavy (non-hydrogen) atoms. The van der Waals surface area contributed by atoms with Gasteiger partial charge in [-0.1, -0.05) is 47.7 Å². The van der Waals surface area contributed by atoms with Gasteiger partial charge in [-0.2, -0.15) is 0 Å². The van der Waals surface area contributed by atoms with Crippen molar-refractivity contribution in [3.8, 4) is 0 Å². The van der Waals surface area contributed by atoms with Crippen molar-refractivity contribution in [3.05, 3.63) is 59.7 Å². The van der Waals surface area contributed by atoms with Gasteiger partial charge in [-0.3, -0.25) is 4.79 Å². The molecule has 0 unspecified atom stereocenters. The van der Waals surface area contributed by atoms with Crippen LogP contribution in [0.5, 0.6) is 0 Å². The summed E-state index contributed by atoms with van der Waals surface area (Å²) in [5.74, 6) is 0.526. The van der Waals surface area contributed by atoms with Gasteiger partial charge >= 0.3 is 0 Å². The van der Waals surface area contributed by atoms with Crippen LogP contribution < -0.4 is 5.32 Å². The summed E-state index contributed by atoms with van der Waals surface area (Å²) in [4.78, 5) is 16.8. The highest BCUT2D eigenvalue weighted by atomic mass is 32.1. The van der Waals surface area contributed by atoms with E-state index in [2.05, 4.69) is 35.4 Å². The number of benzene rings is 2. The lowest BCUT2D eigenvalue weighted by molar-refractivity contribution is -0.117. The van der Waals surface area contributed by atoms with E-state index in [1.807, 2.05) is 30.3 Å². The van der Waals surface area contributed by atoms with Crippen LogP contribution in [0.4, 0.5) is 5.13 Å². The minimum absolute atomic E-state index is 0.0798. The molecular weight excluding hydrogens is 292 g/mol. The van der Waals surface area contributed by atoms with Gasteiger partial charge in [0.05, 0.1) is 10.2 Å². The largest absolute Gasteiger partial charge is 0.302 e. The molecule has 1 heterocycles. The first kappa shape index (κ1) is 13.5. The highest BCUT2D eigenvalue weighted by molar-refractivity contribution is 7.22. The van der Waals surface area contributed by atoms with E-state index in [9.17, 15) is 4.79 Å². The van der Waals surface area contributed by atoms with Crippen molar-refractivity contribution < 1.29 is 4.79 Å². The summed E-state index contributed by atoms with van der Waals surface area (Å²) in [5, 5.41) is 3.68. The van der Waals surface area contributed by atoms with Gasteiger partial charge in [0.1, 0.15) is 0 Å². The average molecular weight is 308 g/mol. The summed E-state index contributed by atoms with van der Waals surface area (Å²) >= 11 is 1.54. The topological polar surface area (TPSA) is 42.0 Å². The fraction of sp³-hybridized carbons (Fsp3) is 0.222. The van der Waals surface area contributed by atoms with E-state index in [1.165, 1.54) is 22.5 Å². The van der Waals surface area contributed by atoms with Crippen LogP contribution in [-0.4, -0.2) is 10.9 Å². The number of rotatable bonds is 3. The molecule has 1 amide bonds. The highest BCUT2D eigenvalue weighted by Gasteiger charge is 2.44. The number of thiazole rings is 1. The molecule has 0 radical (unpaired) electrons. The standard InChI is InChI=1S/C18H16N2OS/c1-11-7-8-15-16(9-11)22-18(19-15)20-17(21)14-10-13(14)12-5-3-2-4-6-12/h2-9,13-14H,10H2,1H3,(H,19,20,21)/t13-,14-/m1/s1. The number of nitrogens with one attached hydrogen (secondary N) is 1. The Hall–Kier alpha value is -2.20. The SMILES string of the molecule is Cc1ccc2nc(NC(=O)[C@@H]3C[C@@H]3c3ccccc3)sc2c1. The molecule has 4 rings (SSSR count). The van der Waals surface area contributed by atoms with Gasteiger partial charge in [-0.05, 0) is 42.5 Å². The van der Waals surface area contributed by atoms with E-state index < -0.39 is 0 Å². The third-order valence-electron chi connectivity index (χ3n) is 4.13. The van der Waals surface area contributed by atoms with Crippen molar-refractivity contribution >= 4 is 32.6 Å². The first-order valence-electron chi connectivity index (χ1n) is 7.44. The molecule has 2 atom stereocenters. The van der Waals surface area contributed by atoms with Crippen molar-refractivity contribution in [3.63, 3.8) is 0 Å². The summed E-state index contributed by atoms with van der Waals surface area (Å²) in [6, 6.07) is 16.4. The molecule has 0 aliphatic heterocycles. The summed E-state index contributed by atoms with van der Waals surface area (Å²) in [6.45, 7) is 2.06. The van der Waals surface area contributed by atoms with E-state index in [0.29, 0.717) is 11.0 Å². The number of aromatic nitrogens is 1. The minimum Gasteiger partial charge on any atom is -0.302 e. The fourth-order valence-electron chi connectivity index (χ4n) is 2.84. The Morgan fingerprint density at radius 2 is 2.05 bits per heavy atom. The molecule has 1 aliphatic rings. The second-order valence-electron chi connectivity index (χ2n) is 5.84. The van der Waals surface area contributed by atoms with Crippen molar-refractivity contribution in [1.29, 1.82) is 0 Å². The van der Waals surface area contributed by atoms with Crippen LogP contribution in [0.25, 0.3) is 10.2 Å². The zero-order valence-corrected chi connectivity index (χ0v) is 13.1. The number of aryl methyl sites for hydroxylation is 1. The van der Waals surface area contributed by atoms with Crippen molar-refractivity contribution in [1.82, 2.24) is 4.98 Å². The van der Waals surface area contributed by atoms with Gasteiger partial charge < -0.3 is 5.32 Å². The molecule has 0 spiro atoms. The van der Waals surface area contributed by atoms with Crippen LogP contribution in [-0.2, 0) is 4.79 Å². The lowest BCUT2D eigenvalue weighted by Crippen LogP contribution is -2.14. The Balaban J connectivity index is 1.48. The smallest absolute Gasteiger partial charge is 0.229 e. The second kappa shape index (κ2) is 5.21. The predicted octanol–water partition coefficient (Wildman–Crippen LogP) is 4.35. The maximum Gasteiger partial charge on any atom is 0.229 e. The van der Waals surface area contributed by atoms with Gasteiger partial charge in [0.15, 0.2) is 5.13 Å². The normalized spacial score (nSPS) is 20.0. The molecule has 1 aliphatic carbocycles. The quantitative estimate of drug-likeness (QED) is 0.781. The molecule has 1 saturated carbocycles. The van der Waals surface area contributed by atoms with Crippen LogP contribution in [0.2, 0.25) is 0 Å². The molecule has 0 saturated heterocycles. The van der Waals surface area contributed by atoms with Gasteiger partial charge in [0, 0.05) is 5.92 Å². The molecule has 2 aromatic carbocycles. The Morgan fingerprint density at radius 3 is 2.86 bits per heavy atom.